The number of alkyl halides is 1. The molecule has 0 aliphatic carbocycles. The highest BCUT2D eigenvalue weighted by Gasteiger charge is 2.14. The average Bonchev–Trinajstić information content (AvgIpc) is 2.17. The summed E-state index contributed by atoms with van der Waals surface area (Å²) in [5.74, 6) is -0.316. The van der Waals surface area contributed by atoms with Crippen molar-refractivity contribution in [3.63, 3.8) is 0 Å². The SMILES string of the molecule is Cc1ccc([N+](=O)[O-])c(NC(=O)CBr)c1. The Morgan fingerprint density at radius 1 is 1.60 bits per heavy atom. The van der Waals surface area contributed by atoms with Crippen LogP contribution in [0.25, 0.3) is 0 Å². The van der Waals surface area contributed by atoms with Crippen molar-refractivity contribution in [3.8, 4) is 0 Å². The molecule has 0 heterocycles. The minimum Gasteiger partial charge on any atom is -0.320 e. The first-order chi connectivity index (χ1) is 7.04. The minimum absolute atomic E-state index is 0.102. The van der Waals surface area contributed by atoms with E-state index in [0.717, 1.165) is 5.56 Å². The van der Waals surface area contributed by atoms with Crippen molar-refractivity contribution in [2.45, 2.75) is 6.92 Å². The van der Waals surface area contributed by atoms with Gasteiger partial charge in [-0.25, -0.2) is 0 Å². The lowest BCUT2D eigenvalue weighted by molar-refractivity contribution is -0.383. The molecule has 0 unspecified atom stereocenters. The Morgan fingerprint density at radius 2 is 2.27 bits per heavy atom. The van der Waals surface area contributed by atoms with E-state index in [1.54, 1.807) is 19.1 Å². The van der Waals surface area contributed by atoms with Gasteiger partial charge in [0.05, 0.1) is 10.3 Å². The van der Waals surface area contributed by atoms with Crippen molar-refractivity contribution in [2.75, 3.05) is 10.6 Å². The van der Waals surface area contributed by atoms with Crippen LogP contribution in [-0.2, 0) is 4.79 Å². The normalized spacial score (nSPS) is 9.73. The fourth-order valence-electron chi connectivity index (χ4n) is 1.09. The van der Waals surface area contributed by atoms with E-state index in [4.69, 9.17) is 0 Å². The van der Waals surface area contributed by atoms with Gasteiger partial charge in [0.15, 0.2) is 0 Å². The highest BCUT2D eigenvalue weighted by atomic mass is 79.9. The Morgan fingerprint density at radius 3 is 2.80 bits per heavy atom. The van der Waals surface area contributed by atoms with Gasteiger partial charge in [-0.1, -0.05) is 22.0 Å². The molecule has 0 aliphatic rings. The van der Waals surface area contributed by atoms with Crippen LogP contribution in [0.5, 0.6) is 0 Å². The molecule has 6 heteroatoms. The molecular weight excluding hydrogens is 264 g/mol. The first-order valence-corrected chi connectivity index (χ1v) is 5.27. The zero-order chi connectivity index (χ0) is 11.4. The average molecular weight is 273 g/mol. The molecule has 80 valence electrons. The number of carbonyl (C=O) groups is 1. The summed E-state index contributed by atoms with van der Waals surface area (Å²) >= 11 is 2.97. The molecule has 0 fully saturated rings. The number of nitrogens with zero attached hydrogens (tertiary/aromatic N) is 1. The number of aryl methyl sites for hydroxylation is 1. The summed E-state index contributed by atoms with van der Waals surface area (Å²) in [5, 5.41) is 13.2. The summed E-state index contributed by atoms with van der Waals surface area (Å²) in [6, 6.07) is 4.57. The Bertz CT molecular complexity index is 406. The second kappa shape index (κ2) is 4.88. The Labute approximate surface area is 94.8 Å². The van der Waals surface area contributed by atoms with E-state index in [-0.39, 0.29) is 22.6 Å². The minimum atomic E-state index is -0.525. The highest BCUT2D eigenvalue weighted by Crippen LogP contribution is 2.25. The molecule has 0 radical (unpaired) electrons. The van der Waals surface area contributed by atoms with E-state index in [2.05, 4.69) is 21.2 Å². The smallest absolute Gasteiger partial charge is 0.292 e. The topological polar surface area (TPSA) is 72.2 Å². The van der Waals surface area contributed by atoms with Crippen molar-refractivity contribution in [1.82, 2.24) is 0 Å². The summed E-state index contributed by atoms with van der Waals surface area (Å²) in [7, 11) is 0. The van der Waals surface area contributed by atoms with Gasteiger partial charge in [0.2, 0.25) is 5.91 Å². The van der Waals surface area contributed by atoms with Gasteiger partial charge in [0.25, 0.3) is 5.69 Å². The molecule has 0 aromatic heterocycles. The number of hydrogen-bond acceptors (Lipinski definition) is 3. The number of halogens is 1. The van der Waals surface area contributed by atoms with Gasteiger partial charge in [-0.2, -0.15) is 0 Å². The van der Waals surface area contributed by atoms with Gasteiger partial charge in [0.1, 0.15) is 5.69 Å². The summed E-state index contributed by atoms with van der Waals surface area (Å²) in [6.45, 7) is 1.80. The molecule has 0 bridgehead atoms. The Balaban J connectivity index is 3.07. The lowest BCUT2D eigenvalue weighted by Crippen LogP contribution is -2.13. The molecule has 1 N–H and O–H groups in total. The van der Waals surface area contributed by atoms with Crippen LogP contribution in [0.3, 0.4) is 0 Å². The van der Waals surface area contributed by atoms with Crippen LogP contribution < -0.4 is 5.32 Å². The molecule has 15 heavy (non-hydrogen) atoms. The molecule has 1 amide bonds. The lowest BCUT2D eigenvalue weighted by atomic mass is 10.2. The molecular formula is C9H9BrN2O3. The third kappa shape index (κ3) is 3.02. The van der Waals surface area contributed by atoms with Crippen molar-refractivity contribution in [2.24, 2.45) is 0 Å². The molecule has 0 saturated heterocycles. The molecule has 5 nitrogen and oxygen atoms in total. The van der Waals surface area contributed by atoms with Crippen LogP contribution in [-0.4, -0.2) is 16.2 Å². The summed E-state index contributed by atoms with van der Waals surface area (Å²) in [4.78, 5) is 21.2. The van der Waals surface area contributed by atoms with Crippen LogP contribution in [0.15, 0.2) is 18.2 Å². The lowest BCUT2D eigenvalue weighted by Gasteiger charge is -2.04. The Hall–Kier alpha value is -1.43. The quantitative estimate of drug-likeness (QED) is 0.521. The fraction of sp³-hybridized carbons (Fsp3) is 0.222. The third-order valence-corrected chi connectivity index (χ3v) is 2.25. The third-order valence-electron chi connectivity index (χ3n) is 1.74. The zero-order valence-electron chi connectivity index (χ0n) is 7.99. The van der Waals surface area contributed by atoms with Crippen LogP contribution in [0.1, 0.15) is 5.56 Å². The van der Waals surface area contributed by atoms with Crippen LogP contribution >= 0.6 is 15.9 Å². The monoisotopic (exact) mass is 272 g/mol. The predicted molar refractivity (Wildman–Crippen MR) is 60.3 cm³/mol. The van der Waals surface area contributed by atoms with Gasteiger partial charge in [-0.05, 0) is 18.6 Å². The van der Waals surface area contributed by atoms with E-state index in [1.807, 2.05) is 0 Å². The number of nitro groups is 1. The number of hydrogen-bond donors (Lipinski definition) is 1. The van der Waals surface area contributed by atoms with E-state index in [9.17, 15) is 14.9 Å². The summed E-state index contributed by atoms with van der Waals surface area (Å²) in [6.07, 6.45) is 0. The summed E-state index contributed by atoms with van der Waals surface area (Å²) < 4.78 is 0. The van der Waals surface area contributed by atoms with E-state index in [0.29, 0.717) is 0 Å². The first kappa shape index (κ1) is 11.6. The van der Waals surface area contributed by atoms with Crippen LogP contribution in [0.2, 0.25) is 0 Å². The molecule has 1 aromatic rings. The fourth-order valence-corrected chi connectivity index (χ4v) is 1.23. The first-order valence-electron chi connectivity index (χ1n) is 4.15. The van der Waals surface area contributed by atoms with Crippen molar-refractivity contribution in [3.05, 3.63) is 33.9 Å². The highest BCUT2D eigenvalue weighted by molar-refractivity contribution is 9.09. The van der Waals surface area contributed by atoms with Crippen LogP contribution in [0, 0.1) is 17.0 Å². The second-order valence-corrected chi connectivity index (χ2v) is 3.52. The number of carbonyl (C=O) groups excluding carboxylic acids is 1. The number of anilines is 1. The van der Waals surface area contributed by atoms with Gasteiger partial charge >= 0.3 is 0 Å². The second-order valence-electron chi connectivity index (χ2n) is 2.96. The van der Waals surface area contributed by atoms with E-state index < -0.39 is 4.92 Å². The standard InChI is InChI=1S/C9H9BrN2O3/c1-6-2-3-8(12(14)15)7(4-6)11-9(13)5-10/h2-4H,5H2,1H3,(H,11,13). The molecule has 0 atom stereocenters. The van der Waals surface area contributed by atoms with Gasteiger partial charge in [0, 0.05) is 6.07 Å². The van der Waals surface area contributed by atoms with Crippen molar-refractivity contribution in [1.29, 1.82) is 0 Å². The number of rotatable bonds is 3. The van der Waals surface area contributed by atoms with Gasteiger partial charge < -0.3 is 5.32 Å². The van der Waals surface area contributed by atoms with Gasteiger partial charge in [-0.15, -0.1) is 0 Å². The van der Waals surface area contributed by atoms with Crippen molar-refractivity contribution >= 4 is 33.2 Å². The zero-order valence-corrected chi connectivity index (χ0v) is 9.58. The maximum absolute atomic E-state index is 11.1. The number of nitro benzene ring substituents is 1. The largest absolute Gasteiger partial charge is 0.320 e. The number of benzene rings is 1. The van der Waals surface area contributed by atoms with Crippen LogP contribution in [0.4, 0.5) is 11.4 Å². The maximum Gasteiger partial charge on any atom is 0.292 e. The van der Waals surface area contributed by atoms with E-state index >= 15 is 0 Å². The molecule has 1 rings (SSSR count). The molecule has 0 saturated carbocycles. The van der Waals surface area contributed by atoms with Crippen molar-refractivity contribution < 1.29 is 9.72 Å². The van der Waals surface area contributed by atoms with Gasteiger partial charge in [-0.3, -0.25) is 14.9 Å². The molecule has 0 spiro atoms. The maximum atomic E-state index is 11.1. The number of amides is 1. The number of nitrogens with one attached hydrogen (secondary N) is 1. The Kier molecular flexibility index (Phi) is 3.79. The summed E-state index contributed by atoms with van der Waals surface area (Å²) in [5.41, 5.74) is 0.977. The molecule has 1 aromatic carbocycles. The molecule has 0 aliphatic heterocycles. The predicted octanol–water partition coefficient (Wildman–Crippen LogP) is 2.24. The van der Waals surface area contributed by atoms with E-state index in [1.165, 1.54) is 6.07 Å².